The molecule has 1 heterocycles. The van der Waals surface area contributed by atoms with E-state index in [0.29, 0.717) is 24.0 Å². The molecular weight excluding hydrogens is 594 g/mol. The Morgan fingerprint density at radius 3 is 2.13 bits per heavy atom. The van der Waals surface area contributed by atoms with Crippen molar-refractivity contribution < 1.29 is 28.7 Å². The third-order valence-electron chi connectivity index (χ3n) is 8.61. The third kappa shape index (κ3) is 8.08. The van der Waals surface area contributed by atoms with Crippen LogP contribution in [0, 0.1) is 5.41 Å². The molecule has 0 aromatic heterocycles. The van der Waals surface area contributed by atoms with Crippen LogP contribution in [0.5, 0.6) is 0 Å². The van der Waals surface area contributed by atoms with E-state index in [-0.39, 0.29) is 18.4 Å². The summed E-state index contributed by atoms with van der Waals surface area (Å²) in [5, 5.41) is 6.11. The van der Waals surface area contributed by atoms with E-state index in [1.807, 2.05) is 95.3 Å². The summed E-state index contributed by atoms with van der Waals surface area (Å²) in [6, 6.07) is 22.9. The highest BCUT2D eigenvalue weighted by Crippen LogP contribution is 2.42. The molecule has 47 heavy (non-hydrogen) atoms. The second-order valence-corrected chi connectivity index (χ2v) is 13.9. The van der Waals surface area contributed by atoms with Gasteiger partial charge in [-0.3, -0.25) is 14.4 Å². The van der Waals surface area contributed by atoms with Gasteiger partial charge < -0.3 is 25.8 Å². The number of nitrogens with one attached hydrogen (secondary N) is 2. The fraction of sp³-hybridized carbons (Fsp3) is 0.421. The van der Waals surface area contributed by atoms with E-state index in [2.05, 4.69) is 10.6 Å². The maximum absolute atomic E-state index is 14.8. The summed E-state index contributed by atoms with van der Waals surface area (Å²) in [5.41, 5.74) is 7.05. The van der Waals surface area contributed by atoms with Gasteiger partial charge in [0.05, 0.1) is 6.04 Å². The Kier molecular flexibility index (Phi) is 10.6. The topological polar surface area (TPSA) is 137 Å². The van der Waals surface area contributed by atoms with E-state index in [0.717, 1.165) is 16.7 Å². The Morgan fingerprint density at radius 2 is 1.57 bits per heavy atom. The first-order valence-electron chi connectivity index (χ1n) is 16.1. The van der Waals surface area contributed by atoms with E-state index in [1.54, 1.807) is 32.0 Å². The van der Waals surface area contributed by atoms with Gasteiger partial charge in [-0.1, -0.05) is 101 Å². The van der Waals surface area contributed by atoms with Crippen LogP contribution in [0.1, 0.15) is 100.0 Å². The maximum atomic E-state index is 14.8. The van der Waals surface area contributed by atoms with Gasteiger partial charge in [0.1, 0.15) is 11.5 Å². The molecule has 0 spiro atoms. The first-order valence-corrected chi connectivity index (χ1v) is 16.1. The van der Waals surface area contributed by atoms with Gasteiger partial charge >= 0.3 is 5.97 Å². The summed E-state index contributed by atoms with van der Waals surface area (Å²) in [7, 11) is 0. The molecular formula is C38H47N3O6. The van der Waals surface area contributed by atoms with Crippen molar-refractivity contribution >= 4 is 23.7 Å². The van der Waals surface area contributed by atoms with Crippen molar-refractivity contribution in [2.24, 2.45) is 11.1 Å². The minimum Gasteiger partial charge on any atom is -0.432 e. The number of cyclic esters (lactones) is 1. The molecule has 0 saturated carbocycles. The summed E-state index contributed by atoms with van der Waals surface area (Å²) in [5.74, 6) is -3.21. The van der Waals surface area contributed by atoms with E-state index in [1.165, 1.54) is 0 Å². The minimum absolute atomic E-state index is 0.258. The van der Waals surface area contributed by atoms with Crippen LogP contribution < -0.4 is 16.4 Å². The summed E-state index contributed by atoms with van der Waals surface area (Å²) in [4.78, 5) is 53.7. The molecule has 250 valence electrons. The highest BCUT2D eigenvalue weighted by Gasteiger charge is 2.58. The summed E-state index contributed by atoms with van der Waals surface area (Å²) in [6.45, 7) is 12.8. The predicted molar refractivity (Wildman–Crippen MR) is 180 cm³/mol. The van der Waals surface area contributed by atoms with Gasteiger partial charge in [-0.05, 0) is 59.6 Å². The third-order valence-corrected chi connectivity index (χ3v) is 8.61. The molecule has 1 aliphatic heterocycles. The fourth-order valence-corrected chi connectivity index (χ4v) is 6.19. The molecule has 4 atom stereocenters. The highest BCUT2D eigenvalue weighted by atomic mass is 16.8. The van der Waals surface area contributed by atoms with Crippen LogP contribution >= 0.6 is 0 Å². The number of rotatable bonds is 12. The molecule has 3 amide bonds. The van der Waals surface area contributed by atoms with Gasteiger partial charge in [-0.15, -0.1) is 0 Å². The first-order chi connectivity index (χ1) is 22.1. The lowest BCUT2D eigenvalue weighted by Crippen LogP contribution is -2.61. The molecule has 1 saturated heterocycles. The quantitative estimate of drug-likeness (QED) is 0.224. The number of hydrogen-bond donors (Lipinski definition) is 3. The Bertz CT molecular complexity index is 1600. The van der Waals surface area contributed by atoms with Gasteiger partial charge in [0.2, 0.25) is 23.5 Å². The minimum atomic E-state index is -1.50. The molecule has 0 bridgehead atoms. The van der Waals surface area contributed by atoms with Crippen molar-refractivity contribution in [3.8, 4) is 0 Å². The molecule has 9 nitrogen and oxygen atoms in total. The van der Waals surface area contributed by atoms with Crippen LogP contribution in [0.3, 0.4) is 0 Å². The van der Waals surface area contributed by atoms with Crippen LogP contribution in [-0.2, 0) is 35.7 Å². The number of ether oxygens (including phenoxy) is 2. The number of hydrogen-bond acceptors (Lipinski definition) is 6. The average molecular weight is 642 g/mol. The normalized spacial score (nSPS) is 18.4. The van der Waals surface area contributed by atoms with Gasteiger partial charge in [0.25, 0.3) is 0 Å². The summed E-state index contributed by atoms with van der Waals surface area (Å²) in [6.07, 6.45) is 0.0746. The van der Waals surface area contributed by atoms with Gasteiger partial charge in [0, 0.05) is 19.4 Å². The summed E-state index contributed by atoms with van der Waals surface area (Å²) < 4.78 is 11.8. The van der Waals surface area contributed by atoms with Crippen LogP contribution in [-0.4, -0.2) is 41.6 Å². The second kappa shape index (κ2) is 14.1. The van der Waals surface area contributed by atoms with E-state index in [9.17, 15) is 19.2 Å². The lowest BCUT2D eigenvalue weighted by Gasteiger charge is -2.39. The van der Waals surface area contributed by atoms with Crippen molar-refractivity contribution in [3.63, 3.8) is 0 Å². The monoisotopic (exact) mass is 641 g/mol. The van der Waals surface area contributed by atoms with Crippen LogP contribution in [0.4, 0.5) is 0 Å². The lowest BCUT2D eigenvalue weighted by molar-refractivity contribution is -0.163. The average Bonchev–Trinajstić information content (AvgIpc) is 3.30. The zero-order chi connectivity index (χ0) is 34.6. The van der Waals surface area contributed by atoms with E-state index >= 15 is 0 Å². The van der Waals surface area contributed by atoms with Crippen molar-refractivity contribution in [2.75, 3.05) is 0 Å². The lowest BCUT2D eigenvalue weighted by atomic mass is 9.70. The first kappa shape index (κ1) is 35.4. The molecule has 0 aliphatic carbocycles. The number of esters is 1. The van der Waals surface area contributed by atoms with Crippen LogP contribution in [0.2, 0.25) is 0 Å². The molecule has 9 heteroatoms. The molecule has 1 aliphatic rings. The van der Waals surface area contributed by atoms with Gasteiger partial charge in [-0.2, -0.15) is 0 Å². The van der Waals surface area contributed by atoms with Crippen molar-refractivity contribution in [3.05, 3.63) is 107 Å². The van der Waals surface area contributed by atoms with Crippen LogP contribution in [0.15, 0.2) is 78.9 Å². The van der Waals surface area contributed by atoms with Gasteiger partial charge in [-0.25, -0.2) is 4.79 Å². The molecule has 3 aromatic carbocycles. The molecule has 3 aromatic rings. The Morgan fingerprint density at radius 1 is 0.915 bits per heavy atom. The largest absolute Gasteiger partial charge is 0.432 e. The SMILES string of the molecule is CCCC(C(=O)N[C@H](C(=O)N[C@H](C)c1ccccc1)C(C)(C)C)(c1ccc(Cc2cccc(C(N)=O)c2)cc1)[C@@H]1OC(C)(C)OC1=O. The number of primary amides is 1. The number of nitrogens with two attached hydrogens (primary N) is 1. The number of benzene rings is 3. The maximum Gasteiger partial charge on any atom is 0.339 e. The standard InChI is InChI=1S/C38H47N3O6/c1-8-21-38(31-34(44)47-37(6,7)46-31,29-19-17-25(18-20-29)22-26-13-12-16-28(23-26)32(39)42)35(45)41-30(36(3,4)5)33(43)40-24(2)27-14-10-9-11-15-27/h9-20,23-24,30-31H,8,21-22H2,1-7H3,(H2,39,42)(H,40,43)(H,41,45)/t24-,30-,31-,38?/m1/s1. The Labute approximate surface area is 277 Å². The van der Waals surface area contributed by atoms with E-state index < -0.39 is 46.5 Å². The molecule has 0 radical (unpaired) electrons. The van der Waals surface area contributed by atoms with Crippen molar-refractivity contribution in [1.29, 1.82) is 0 Å². The van der Waals surface area contributed by atoms with Gasteiger partial charge in [0.15, 0.2) is 6.10 Å². The Balaban J connectivity index is 1.72. The highest BCUT2D eigenvalue weighted by molar-refractivity contribution is 5.98. The number of carbonyl (C=O) groups is 4. The molecule has 4 rings (SSSR count). The number of amides is 3. The second-order valence-electron chi connectivity index (χ2n) is 13.9. The molecule has 4 N–H and O–H groups in total. The zero-order valence-corrected chi connectivity index (χ0v) is 28.4. The molecule has 1 fully saturated rings. The van der Waals surface area contributed by atoms with Crippen molar-refractivity contribution in [1.82, 2.24) is 10.6 Å². The molecule has 1 unspecified atom stereocenters. The number of carbonyl (C=O) groups excluding carboxylic acids is 4. The fourth-order valence-electron chi connectivity index (χ4n) is 6.19. The predicted octanol–water partition coefficient (Wildman–Crippen LogP) is 5.50. The van der Waals surface area contributed by atoms with Crippen LogP contribution in [0.25, 0.3) is 0 Å². The van der Waals surface area contributed by atoms with E-state index in [4.69, 9.17) is 15.2 Å². The Hall–Kier alpha value is -4.50. The smallest absolute Gasteiger partial charge is 0.339 e. The van der Waals surface area contributed by atoms with Crippen molar-refractivity contribution in [2.45, 2.75) is 97.1 Å². The summed E-state index contributed by atoms with van der Waals surface area (Å²) >= 11 is 0. The zero-order valence-electron chi connectivity index (χ0n) is 28.4.